The van der Waals surface area contributed by atoms with Crippen LogP contribution in [0.2, 0.25) is 0 Å². The predicted octanol–water partition coefficient (Wildman–Crippen LogP) is 3.71. The smallest absolute Gasteiger partial charge is 0.273 e. The lowest BCUT2D eigenvalue weighted by Gasteiger charge is -2.23. The quantitative estimate of drug-likeness (QED) is 0.683. The average molecular weight is 379 g/mol. The number of nitrogens with zero attached hydrogens (tertiary/aromatic N) is 4. The summed E-state index contributed by atoms with van der Waals surface area (Å²) in [6.45, 7) is 6.58. The monoisotopic (exact) mass is 378 g/mol. The van der Waals surface area contributed by atoms with E-state index >= 15 is 0 Å². The summed E-state index contributed by atoms with van der Waals surface area (Å²) in [5.74, 6) is 1.21. The van der Waals surface area contributed by atoms with Crippen LogP contribution in [0.3, 0.4) is 0 Å². The molecular weight excluding hydrogens is 356 g/mol. The zero-order chi connectivity index (χ0) is 18.6. The number of thiazole rings is 1. The zero-order valence-corrected chi connectivity index (χ0v) is 16.4. The Bertz CT molecular complexity index is 1020. The van der Waals surface area contributed by atoms with Gasteiger partial charge in [0.1, 0.15) is 11.5 Å². The normalized spacial score (nSPS) is 21.2. The molecular formula is C21H22N4OS. The molecule has 0 saturated carbocycles. The molecule has 4 heterocycles. The topological polar surface area (TPSA) is 51.0 Å². The van der Waals surface area contributed by atoms with E-state index in [1.165, 1.54) is 28.2 Å². The average Bonchev–Trinajstić information content (AvgIpc) is 3.41. The highest BCUT2D eigenvalue weighted by Crippen LogP contribution is 2.42. The molecule has 0 aliphatic carbocycles. The van der Waals surface area contributed by atoms with Gasteiger partial charge in [-0.05, 0) is 25.8 Å². The molecule has 1 saturated heterocycles. The number of hydrogen-bond donors (Lipinski definition) is 0. The van der Waals surface area contributed by atoms with Gasteiger partial charge in [-0.25, -0.2) is 9.97 Å². The molecule has 6 heteroatoms. The second kappa shape index (κ2) is 6.02. The number of carbonyl (C=O) groups is 1. The van der Waals surface area contributed by atoms with Crippen LogP contribution in [0, 0.1) is 19.3 Å². The molecule has 1 aromatic carbocycles. The minimum atomic E-state index is 0.0690. The number of aryl methyl sites for hydroxylation is 2. The number of fused-ring (bicyclic) bond motifs is 1. The van der Waals surface area contributed by atoms with Crippen molar-refractivity contribution in [1.82, 2.24) is 19.4 Å². The van der Waals surface area contributed by atoms with E-state index in [1.54, 1.807) is 0 Å². The predicted molar refractivity (Wildman–Crippen MR) is 106 cm³/mol. The summed E-state index contributed by atoms with van der Waals surface area (Å²) in [5, 5.41) is 2.81. The van der Waals surface area contributed by atoms with Crippen LogP contribution in [0.1, 0.15) is 33.3 Å². The third-order valence-corrected chi connectivity index (χ3v) is 6.65. The molecule has 5 nitrogen and oxygen atoms in total. The van der Waals surface area contributed by atoms with Crippen molar-refractivity contribution in [3.63, 3.8) is 0 Å². The number of carbonyl (C=O) groups excluding carboxylic acids is 1. The van der Waals surface area contributed by atoms with Gasteiger partial charge in [-0.2, -0.15) is 0 Å². The second-order valence-corrected chi connectivity index (χ2v) is 8.98. The van der Waals surface area contributed by atoms with Crippen LogP contribution in [0.4, 0.5) is 0 Å². The maximum absolute atomic E-state index is 12.8. The molecule has 27 heavy (non-hydrogen) atoms. The highest BCUT2D eigenvalue weighted by atomic mass is 32.1. The van der Waals surface area contributed by atoms with Crippen LogP contribution in [0.15, 0.2) is 35.8 Å². The number of hydrogen-bond acceptors (Lipinski definition) is 4. The van der Waals surface area contributed by atoms with Gasteiger partial charge in [0, 0.05) is 36.9 Å². The fourth-order valence-electron chi connectivity index (χ4n) is 4.42. The Morgan fingerprint density at radius 2 is 2.00 bits per heavy atom. The van der Waals surface area contributed by atoms with Crippen molar-refractivity contribution in [2.75, 3.05) is 13.1 Å². The van der Waals surface area contributed by atoms with Gasteiger partial charge in [-0.15, -0.1) is 11.3 Å². The lowest BCUT2D eigenvalue weighted by atomic mass is 9.86. The first-order chi connectivity index (χ1) is 13.0. The molecule has 0 radical (unpaired) electrons. The van der Waals surface area contributed by atoms with Crippen LogP contribution in [-0.4, -0.2) is 38.4 Å². The highest BCUT2D eigenvalue weighted by molar-refractivity contribution is 7.09. The fourth-order valence-corrected chi connectivity index (χ4v) is 5.01. The Balaban J connectivity index is 1.37. The molecule has 2 aliphatic rings. The van der Waals surface area contributed by atoms with E-state index in [2.05, 4.69) is 40.7 Å². The molecule has 3 aromatic rings. The lowest BCUT2D eigenvalue weighted by Crippen LogP contribution is -2.33. The van der Waals surface area contributed by atoms with Crippen molar-refractivity contribution in [2.45, 2.75) is 33.2 Å². The third kappa shape index (κ3) is 2.79. The Labute approximate surface area is 162 Å². The maximum Gasteiger partial charge on any atom is 0.273 e. The zero-order valence-electron chi connectivity index (χ0n) is 15.6. The fraction of sp³-hybridized carbons (Fsp3) is 0.381. The minimum absolute atomic E-state index is 0.0690. The van der Waals surface area contributed by atoms with Crippen molar-refractivity contribution in [3.8, 4) is 11.3 Å². The van der Waals surface area contributed by atoms with Gasteiger partial charge in [0.25, 0.3) is 5.91 Å². The maximum atomic E-state index is 12.8. The summed E-state index contributed by atoms with van der Waals surface area (Å²) in [5.41, 5.74) is 4.36. The summed E-state index contributed by atoms with van der Waals surface area (Å²) >= 11 is 1.53. The van der Waals surface area contributed by atoms with E-state index in [4.69, 9.17) is 4.98 Å². The van der Waals surface area contributed by atoms with E-state index < -0.39 is 0 Å². The first-order valence-corrected chi connectivity index (χ1v) is 10.2. The number of imidazole rings is 1. The SMILES string of the molecule is Cc1ccc(-c2cnc3n2CC2(CCN(C(=O)c4csc(C)n4)C2)C3)cc1. The van der Waals surface area contributed by atoms with Gasteiger partial charge >= 0.3 is 0 Å². The first kappa shape index (κ1) is 16.7. The molecule has 1 spiro atoms. The van der Waals surface area contributed by atoms with E-state index in [1.807, 2.05) is 23.4 Å². The molecule has 1 fully saturated rings. The summed E-state index contributed by atoms with van der Waals surface area (Å²) in [4.78, 5) is 23.8. The summed E-state index contributed by atoms with van der Waals surface area (Å²) in [6, 6.07) is 8.62. The minimum Gasteiger partial charge on any atom is -0.337 e. The molecule has 1 unspecified atom stereocenters. The van der Waals surface area contributed by atoms with Gasteiger partial charge in [0.2, 0.25) is 0 Å². The van der Waals surface area contributed by atoms with Gasteiger partial charge in [0.15, 0.2) is 0 Å². The summed E-state index contributed by atoms with van der Waals surface area (Å²) in [6.07, 6.45) is 3.96. The van der Waals surface area contributed by atoms with Crippen LogP contribution < -0.4 is 0 Å². The van der Waals surface area contributed by atoms with Crippen LogP contribution >= 0.6 is 11.3 Å². The number of benzene rings is 1. The Morgan fingerprint density at radius 3 is 2.74 bits per heavy atom. The van der Waals surface area contributed by atoms with Gasteiger partial charge < -0.3 is 9.47 Å². The number of amides is 1. The summed E-state index contributed by atoms with van der Waals surface area (Å²) < 4.78 is 2.35. The van der Waals surface area contributed by atoms with Gasteiger partial charge in [0.05, 0.1) is 16.9 Å². The molecule has 1 amide bonds. The molecule has 5 rings (SSSR count). The third-order valence-electron chi connectivity index (χ3n) is 5.88. The summed E-state index contributed by atoms with van der Waals surface area (Å²) in [7, 11) is 0. The second-order valence-electron chi connectivity index (χ2n) is 7.92. The Hall–Kier alpha value is -2.47. The van der Waals surface area contributed by atoms with E-state index in [9.17, 15) is 4.79 Å². The van der Waals surface area contributed by atoms with Crippen molar-refractivity contribution < 1.29 is 4.79 Å². The molecule has 0 N–H and O–H groups in total. The largest absolute Gasteiger partial charge is 0.337 e. The number of likely N-dealkylation sites (tertiary alicyclic amines) is 1. The van der Waals surface area contributed by atoms with Crippen LogP contribution in [0.5, 0.6) is 0 Å². The molecule has 2 aliphatic heterocycles. The molecule has 138 valence electrons. The van der Waals surface area contributed by atoms with Crippen molar-refractivity contribution in [2.24, 2.45) is 5.41 Å². The number of aromatic nitrogens is 3. The van der Waals surface area contributed by atoms with E-state index in [0.29, 0.717) is 5.69 Å². The van der Waals surface area contributed by atoms with Crippen LogP contribution in [0.25, 0.3) is 11.3 Å². The number of rotatable bonds is 2. The van der Waals surface area contributed by atoms with Gasteiger partial charge in [-0.1, -0.05) is 29.8 Å². The highest BCUT2D eigenvalue weighted by Gasteiger charge is 2.46. The Kier molecular flexibility index (Phi) is 3.72. The van der Waals surface area contributed by atoms with Crippen molar-refractivity contribution in [3.05, 3.63) is 57.9 Å². The lowest BCUT2D eigenvalue weighted by molar-refractivity contribution is 0.0766. The molecule has 1 atom stereocenters. The van der Waals surface area contributed by atoms with E-state index in [-0.39, 0.29) is 11.3 Å². The van der Waals surface area contributed by atoms with Crippen molar-refractivity contribution >= 4 is 17.2 Å². The standard InChI is InChI=1S/C21H22N4OS/c1-14-3-5-16(6-4-14)18-10-22-19-9-21(13-25(18)19)7-8-24(12-21)20(26)17-11-27-15(2)23-17/h3-6,10-11H,7-9,12-13H2,1-2H3. The van der Waals surface area contributed by atoms with Crippen molar-refractivity contribution in [1.29, 1.82) is 0 Å². The van der Waals surface area contributed by atoms with Crippen LogP contribution in [-0.2, 0) is 13.0 Å². The van der Waals surface area contributed by atoms with E-state index in [0.717, 1.165) is 43.3 Å². The molecule has 2 aromatic heterocycles. The molecule has 0 bridgehead atoms. The Morgan fingerprint density at radius 1 is 1.19 bits per heavy atom. The van der Waals surface area contributed by atoms with Gasteiger partial charge in [-0.3, -0.25) is 4.79 Å². The first-order valence-electron chi connectivity index (χ1n) is 9.36.